The number of aryl methyl sites for hydroxylation is 1. The highest BCUT2D eigenvalue weighted by Gasteiger charge is 2.20. The maximum Gasteiger partial charge on any atom is 0.237 e. The van der Waals surface area contributed by atoms with Crippen LogP contribution >= 0.6 is 11.8 Å². The highest BCUT2D eigenvalue weighted by Crippen LogP contribution is 2.24. The number of benzene rings is 1. The van der Waals surface area contributed by atoms with E-state index < -0.39 is 0 Å². The molecule has 2 rings (SSSR count). The first-order valence-corrected chi connectivity index (χ1v) is 8.06. The molecule has 0 aliphatic heterocycles. The largest absolute Gasteiger partial charge is 0.326 e. The van der Waals surface area contributed by atoms with Gasteiger partial charge in [0.25, 0.3) is 0 Å². The van der Waals surface area contributed by atoms with E-state index in [1.54, 1.807) is 35.2 Å². The summed E-state index contributed by atoms with van der Waals surface area (Å²) >= 11 is 1.38. The van der Waals surface area contributed by atoms with Crippen molar-refractivity contribution in [2.75, 3.05) is 10.6 Å². The first-order chi connectivity index (χ1) is 11.0. The van der Waals surface area contributed by atoms with Gasteiger partial charge in [0.05, 0.1) is 5.25 Å². The lowest BCUT2D eigenvalue weighted by Crippen LogP contribution is -2.25. The first-order valence-electron chi connectivity index (χ1n) is 7.18. The Morgan fingerprint density at radius 3 is 2.30 bits per heavy atom. The van der Waals surface area contributed by atoms with Gasteiger partial charge in [-0.15, -0.1) is 10.2 Å². The van der Waals surface area contributed by atoms with Crippen molar-refractivity contribution in [3.05, 3.63) is 30.6 Å². The molecule has 0 saturated heterocycles. The number of hydrogen-bond acceptors (Lipinski definition) is 5. The lowest BCUT2D eigenvalue weighted by molar-refractivity contribution is -0.116. The van der Waals surface area contributed by atoms with Crippen LogP contribution in [0.1, 0.15) is 20.3 Å². The summed E-state index contributed by atoms with van der Waals surface area (Å²) < 4.78 is 1.78. The second-order valence-corrected chi connectivity index (χ2v) is 6.16. The van der Waals surface area contributed by atoms with Gasteiger partial charge in [-0.05, 0) is 30.7 Å². The number of nitrogens with zero attached hydrogens (tertiary/aromatic N) is 3. The third-order valence-electron chi connectivity index (χ3n) is 3.05. The van der Waals surface area contributed by atoms with Crippen molar-refractivity contribution < 1.29 is 9.59 Å². The predicted octanol–water partition coefficient (Wildman–Crippen LogP) is 2.28. The molecule has 0 radical (unpaired) electrons. The van der Waals surface area contributed by atoms with Crippen molar-refractivity contribution in [2.45, 2.75) is 30.7 Å². The Kier molecular flexibility index (Phi) is 5.75. The van der Waals surface area contributed by atoms with Crippen LogP contribution in [0.2, 0.25) is 0 Å². The third kappa shape index (κ3) is 4.82. The van der Waals surface area contributed by atoms with Crippen LogP contribution in [0.25, 0.3) is 0 Å². The average molecular weight is 333 g/mol. The Balaban J connectivity index is 1.99. The topological polar surface area (TPSA) is 88.9 Å². The lowest BCUT2D eigenvalue weighted by atomic mass is 10.2. The van der Waals surface area contributed by atoms with Crippen molar-refractivity contribution in [1.29, 1.82) is 0 Å². The Labute approximate surface area is 138 Å². The van der Waals surface area contributed by atoms with Gasteiger partial charge >= 0.3 is 0 Å². The van der Waals surface area contributed by atoms with Gasteiger partial charge in [-0.2, -0.15) is 0 Å². The van der Waals surface area contributed by atoms with E-state index in [2.05, 4.69) is 20.8 Å². The van der Waals surface area contributed by atoms with E-state index in [4.69, 9.17) is 0 Å². The fourth-order valence-corrected chi connectivity index (χ4v) is 2.79. The van der Waals surface area contributed by atoms with Crippen molar-refractivity contribution >= 4 is 35.0 Å². The van der Waals surface area contributed by atoms with E-state index in [9.17, 15) is 9.59 Å². The standard InChI is InChI=1S/C15H19N5O2S/c1-4-13(23-15-19-16-9-20(15)3)14(22)18-12-7-5-11(6-8-12)17-10(2)21/h5-9,13H,4H2,1-3H3,(H,17,21)(H,18,22)/t13-/m1/s1. The number of rotatable bonds is 6. The van der Waals surface area contributed by atoms with E-state index in [0.717, 1.165) is 0 Å². The average Bonchev–Trinajstić information content (AvgIpc) is 2.91. The van der Waals surface area contributed by atoms with Crippen LogP contribution in [-0.4, -0.2) is 31.8 Å². The molecule has 23 heavy (non-hydrogen) atoms. The van der Waals surface area contributed by atoms with Gasteiger partial charge in [-0.1, -0.05) is 18.7 Å². The van der Waals surface area contributed by atoms with Crippen LogP contribution in [0, 0.1) is 0 Å². The van der Waals surface area contributed by atoms with Gasteiger partial charge in [0.1, 0.15) is 6.33 Å². The number of amides is 2. The van der Waals surface area contributed by atoms with Gasteiger partial charge in [-0.25, -0.2) is 0 Å². The summed E-state index contributed by atoms with van der Waals surface area (Å²) in [5.74, 6) is -0.222. The predicted molar refractivity (Wildman–Crippen MR) is 90.3 cm³/mol. The fraction of sp³-hybridized carbons (Fsp3) is 0.333. The van der Waals surface area contributed by atoms with E-state index in [0.29, 0.717) is 23.0 Å². The number of anilines is 2. The van der Waals surface area contributed by atoms with Gasteiger partial charge in [0.2, 0.25) is 11.8 Å². The molecule has 1 aromatic heterocycles. The Hall–Kier alpha value is -2.35. The van der Waals surface area contributed by atoms with Gasteiger partial charge in [0, 0.05) is 25.3 Å². The molecule has 8 heteroatoms. The molecule has 1 atom stereocenters. The fourth-order valence-electron chi connectivity index (χ4n) is 1.89. The lowest BCUT2D eigenvalue weighted by Gasteiger charge is -2.14. The van der Waals surface area contributed by atoms with Crippen LogP contribution in [0.3, 0.4) is 0 Å². The molecular weight excluding hydrogens is 314 g/mol. The Bertz CT molecular complexity index is 683. The van der Waals surface area contributed by atoms with Crippen molar-refractivity contribution in [3.8, 4) is 0 Å². The monoisotopic (exact) mass is 333 g/mol. The smallest absolute Gasteiger partial charge is 0.237 e. The van der Waals surface area contributed by atoms with E-state index >= 15 is 0 Å². The molecule has 0 bridgehead atoms. The Morgan fingerprint density at radius 2 is 1.83 bits per heavy atom. The molecule has 2 N–H and O–H groups in total. The normalized spacial score (nSPS) is 11.8. The number of carbonyl (C=O) groups excluding carboxylic acids is 2. The van der Waals surface area contributed by atoms with Crippen LogP contribution in [-0.2, 0) is 16.6 Å². The maximum atomic E-state index is 12.4. The molecule has 0 saturated carbocycles. The molecule has 7 nitrogen and oxygen atoms in total. The SMILES string of the molecule is CC[C@@H](Sc1nncn1C)C(=O)Nc1ccc(NC(C)=O)cc1. The molecule has 2 aromatic rings. The van der Waals surface area contributed by atoms with E-state index in [1.165, 1.54) is 18.7 Å². The molecular formula is C15H19N5O2S. The van der Waals surface area contributed by atoms with Crippen molar-refractivity contribution in [1.82, 2.24) is 14.8 Å². The number of thioether (sulfide) groups is 1. The quantitative estimate of drug-likeness (QED) is 0.792. The van der Waals surface area contributed by atoms with Crippen LogP contribution in [0.15, 0.2) is 35.7 Å². The number of nitrogens with one attached hydrogen (secondary N) is 2. The molecule has 122 valence electrons. The number of hydrogen-bond donors (Lipinski definition) is 2. The highest BCUT2D eigenvalue weighted by molar-refractivity contribution is 8.00. The molecule has 0 spiro atoms. The minimum absolute atomic E-state index is 0.0900. The molecule has 0 aliphatic rings. The summed E-state index contributed by atoms with van der Waals surface area (Å²) in [5, 5.41) is 13.8. The molecule has 2 amide bonds. The third-order valence-corrected chi connectivity index (χ3v) is 4.47. The first kappa shape index (κ1) is 17.0. The van der Waals surface area contributed by atoms with Gasteiger partial charge in [-0.3, -0.25) is 9.59 Å². The van der Waals surface area contributed by atoms with Crippen LogP contribution in [0.4, 0.5) is 11.4 Å². The zero-order valence-electron chi connectivity index (χ0n) is 13.2. The van der Waals surface area contributed by atoms with Crippen LogP contribution in [0.5, 0.6) is 0 Å². The zero-order valence-corrected chi connectivity index (χ0v) is 14.1. The number of carbonyl (C=O) groups is 2. The van der Waals surface area contributed by atoms with Crippen LogP contribution < -0.4 is 10.6 Å². The summed E-state index contributed by atoms with van der Waals surface area (Å²) in [6.45, 7) is 3.40. The summed E-state index contributed by atoms with van der Waals surface area (Å²) in [6.07, 6.45) is 2.28. The Morgan fingerprint density at radius 1 is 1.22 bits per heavy atom. The molecule has 0 unspecified atom stereocenters. The molecule has 0 fully saturated rings. The summed E-state index contributed by atoms with van der Waals surface area (Å²) in [4.78, 5) is 23.4. The summed E-state index contributed by atoms with van der Waals surface area (Å²) in [5.41, 5.74) is 1.37. The molecule has 0 aliphatic carbocycles. The van der Waals surface area contributed by atoms with Crippen molar-refractivity contribution in [3.63, 3.8) is 0 Å². The van der Waals surface area contributed by atoms with Gasteiger partial charge < -0.3 is 15.2 Å². The van der Waals surface area contributed by atoms with E-state index in [1.807, 2.05) is 14.0 Å². The van der Waals surface area contributed by atoms with E-state index in [-0.39, 0.29) is 17.1 Å². The minimum atomic E-state index is -0.257. The minimum Gasteiger partial charge on any atom is -0.326 e. The second-order valence-electron chi connectivity index (χ2n) is 4.99. The molecule has 1 heterocycles. The summed E-state index contributed by atoms with van der Waals surface area (Å²) in [6, 6.07) is 6.99. The second kappa shape index (κ2) is 7.77. The highest BCUT2D eigenvalue weighted by atomic mass is 32.2. The summed E-state index contributed by atoms with van der Waals surface area (Å²) in [7, 11) is 1.84. The zero-order chi connectivity index (χ0) is 16.8. The van der Waals surface area contributed by atoms with Gasteiger partial charge in [0.15, 0.2) is 5.16 Å². The maximum absolute atomic E-state index is 12.4. The number of aromatic nitrogens is 3. The molecule has 1 aromatic carbocycles. The van der Waals surface area contributed by atoms with Crippen molar-refractivity contribution in [2.24, 2.45) is 7.05 Å².